The van der Waals surface area contributed by atoms with Gasteiger partial charge in [0, 0.05) is 18.6 Å². The van der Waals surface area contributed by atoms with Gasteiger partial charge in [0.05, 0.1) is 6.61 Å². The lowest BCUT2D eigenvalue weighted by atomic mass is 10.1. The van der Waals surface area contributed by atoms with Crippen LogP contribution in [0.1, 0.15) is 38.8 Å². The molecule has 0 saturated carbocycles. The van der Waals surface area contributed by atoms with E-state index in [0.717, 1.165) is 25.4 Å². The molecule has 0 amide bonds. The van der Waals surface area contributed by atoms with Crippen molar-refractivity contribution in [1.29, 1.82) is 0 Å². The van der Waals surface area contributed by atoms with Gasteiger partial charge in [-0.2, -0.15) is 0 Å². The highest BCUT2D eigenvalue weighted by Crippen LogP contribution is 2.32. The van der Waals surface area contributed by atoms with Crippen LogP contribution in [-0.2, 0) is 0 Å². The van der Waals surface area contributed by atoms with Gasteiger partial charge >= 0.3 is 0 Å². The van der Waals surface area contributed by atoms with Gasteiger partial charge in [-0.05, 0) is 57.4 Å². The van der Waals surface area contributed by atoms with Crippen LogP contribution in [0.2, 0.25) is 0 Å². The van der Waals surface area contributed by atoms with Crippen molar-refractivity contribution in [3.63, 3.8) is 0 Å². The molecule has 1 fully saturated rings. The van der Waals surface area contributed by atoms with Gasteiger partial charge in [0.2, 0.25) is 0 Å². The van der Waals surface area contributed by atoms with Crippen molar-refractivity contribution in [2.45, 2.75) is 39.3 Å². The summed E-state index contributed by atoms with van der Waals surface area (Å²) in [7, 11) is 0. The molecule has 2 N–H and O–H groups in total. The summed E-state index contributed by atoms with van der Waals surface area (Å²) in [6, 6.07) is 9.56. The third-order valence-corrected chi connectivity index (χ3v) is 4.21. The fourth-order valence-corrected chi connectivity index (χ4v) is 3.08. The molecule has 3 heteroatoms. The summed E-state index contributed by atoms with van der Waals surface area (Å²) < 4.78 is 5.49. The van der Waals surface area contributed by atoms with Crippen molar-refractivity contribution in [1.82, 2.24) is 4.90 Å². The van der Waals surface area contributed by atoms with E-state index in [-0.39, 0.29) is 0 Å². The number of rotatable bonds is 5. The molecule has 1 aromatic rings. The maximum atomic E-state index is 5.81. The summed E-state index contributed by atoms with van der Waals surface area (Å²) in [4.78, 5) is 2.56. The molecular weight excluding hydrogens is 236 g/mol. The Morgan fingerprint density at radius 1 is 1.37 bits per heavy atom. The van der Waals surface area contributed by atoms with Crippen molar-refractivity contribution in [3.05, 3.63) is 29.8 Å². The molecule has 1 heterocycles. The Kier molecular flexibility index (Phi) is 4.83. The van der Waals surface area contributed by atoms with Crippen molar-refractivity contribution in [3.8, 4) is 5.75 Å². The average Bonchev–Trinajstić information content (AvgIpc) is 2.80. The molecule has 0 bridgehead atoms. The van der Waals surface area contributed by atoms with Gasteiger partial charge in [0.15, 0.2) is 0 Å². The number of hydrogen-bond acceptors (Lipinski definition) is 3. The zero-order chi connectivity index (χ0) is 13.8. The van der Waals surface area contributed by atoms with Crippen LogP contribution >= 0.6 is 0 Å². The number of ether oxygens (including phenoxy) is 1. The van der Waals surface area contributed by atoms with E-state index in [1.807, 2.05) is 6.92 Å². The van der Waals surface area contributed by atoms with Crippen LogP contribution in [0.4, 0.5) is 0 Å². The number of hydrogen-bond donors (Lipinski definition) is 1. The first kappa shape index (κ1) is 14.4. The standard InChI is InChI=1S/C16H26N2O/c1-4-19-16-7-5-15(6-8-16)13(3)18-11-14(10-17)9-12(18)2/h5-8,12-14H,4,9-11,17H2,1-3H3. The maximum Gasteiger partial charge on any atom is 0.119 e. The Bertz CT molecular complexity index is 390. The molecular formula is C16H26N2O. The van der Waals surface area contributed by atoms with E-state index in [1.54, 1.807) is 0 Å². The molecule has 3 nitrogen and oxygen atoms in total. The van der Waals surface area contributed by atoms with E-state index in [2.05, 4.69) is 43.0 Å². The minimum Gasteiger partial charge on any atom is -0.494 e. The van der Waals surface area contributed by atoms with E-state index < -0.39 is 0 Å². The topological polar surface area (TPSA) is 38.5 Å². The molecule has 1 saturated heterocycles. The molecule has 0 radical (unpaired) electrons. The number of nitrogens with zero attached hydrogens (tertiary/aromatic N) is 1. The lowest BCUT2D eigenvalue weighted by Gasteiger charge is -2.29. The molecule has 2 rings (SSSR count). The van der Waals surface area contributed by atoms with Crippen molar-refractivity contribution >= 4 is 0 Å². The highest BCUT2D eigenvalue weighted by Gasteiger charge is 2.31. The van der Waals surface area contributed by atoms with Gasteiger partial charge in [0.1, 0.15) is 5.75 Å². The lowest BCUT2D eigenvalue weighted by molar-refractivity contribution is 0.200. The maximum absolute atomic E-state index is 5.81. The van der Waals surface area contributed by atoms with Crippen LogP contribution in [0.5, 0.6) is 5.75 Å². The Morgan fingerprint density at radius 2 is 2.05 bits per heavy atom. The average molecular weight is 262 g/mol. The largest absolute Gasteiger partial charge is 0.494 e. The minimum atomic E-state index is 0.447. The SMILES string of the molecule is CCOc1ccc(C(C)N2CC(CN)CC2C)cc1. The van der Waals surface area contributed by atoms with Gasteiger partial charge in [-0.25, -0.2) is 0 Å². The molecule has 3 atom stereocenters. The monoisotopic (exact) mass is 262 g/mol. The normalized spacial score (nSPS) is 25.5. The second kappa shape index (κ2) is 6.40. The molecule has 19 heavy (non-hydrogen) atoms. The zero-order valence-electron chi connectivity index (χ0n) is 12.3. The summed E-state index contributed by atoms with van der Waals surface area (Å²) in [5.74, 6) is 1.60. The first-order valence-corrected chi connectivity index (χ1v) is 7.34. The fourth-order valence-electron chi connectivity index (χ4n) is 3.08. The Labute approximate surface area is 116 Å². The first-order valence-electron chi connectivity index (χ1n) is 7.34. The number of benzene rings is 1. The summed E-state index contributed by atoms with van der Waals surface area (Å²) in [6.45, 7) is 9.24. The fraction of sp³-hybridized carbons (Fsp3) is 0.625. The smallest absolute Gasteiger partial charge is 0.119 e. The highest BCUT2D eigenvalue weighted by atomic mass is 16.5. The van der Waals surface area contributed by atoms with Gasteiger partial charge in [-0.3, -0.25) is 4.90 Å². The molecule has 0 aromatic heterocycles. The van der Waals surface area contributed by atoms with Gasteiger partial charge in [0.25, 0.3) is 0 Å². The van der Waals surface area contributed by atoms with Crippen molar-refractivity contribution in [2.24, 2.45) is 11.7 Å². The Hall–Kier alpha value is -1.06. The predicted octanol–water partition coefficient (Wildman–Crippen LogP) is 2.82. The molecule has 1 aliphatic rings. The van der Waals surface area contributed by atoms with Crippen LogP contribution in [-0.4, -0.2) is 30.6 Å². The summed E-state index contributed by atoms with van der Waals surface area (Å²) >= 11 is 0. The van der Waals surface area contributed by atoms with E-state index in [0.29, 0.717) is 18.0 Å². The predicted molar refractivity (Wildman–Crippen MR) is 79.4 cm³/mol. The van der Waals surface area contributed by atoms with Crippen LogP contribution in [0.25, 0.3) is 0 Å². The third-order valence-electron chi connectivity index (χ3n) is 4.21. The van der Waals surface area contributed by atoms with E-state index >= 15 is 0 Å². The number of nitrogens with two attached hydrogens (primary N) is 1. The number of likely N-dealkylation sites (tertiary alicyclic amines) is 1. The lowest BCUT2D eigenvalue weighted by Crippen LogP contribution is -2.30. The highest BCUT2D eigenvalue weighted by molar-refractivity contribution is 5.29. The molecule has 0 spiro atoms. The van der Waals surface area contributed by atoms with Crippen molar-refractivity contribution < 1.29 is 4.74 Å². The molecule has 3 unspecified atom stereocenters. The summed E-state index contributed by atoms with van der Waals surface area (Å²) in [6.07, 6.45) is 1.22. The van der Waals surface area contributed by atoms with Gasteiger partial charge in [-0.15, -0.1) is 0 Å². The van der Waals surface area contributed by atoms with E-state index in [9.17, 15) is 0 Å². The van der Waals surface area contributed by atoms with Crippen molar-refractivity contribution in [2.75, 3.05) is 19.7 Å². The van der Waals surface area contributed by atoms with Gasteiger partial charge in [-0.1, -0.05) is 12.1 Å². The van der Waals surface area contributed by atoms with Crippen LogP contribution in [0, 0.1) is 5.92 Å². The van der Waals surface area contributed by atoms with Crippen LogP contribution < -0.4 is 10.5 Å². The zero-order valence-corrected chi connectivity index (χ0v) is 12.3. The molecule has 1 aromatic carbocycles. The van der Waals surface area contributed by atoms with E-state index in [1.165, 1.54) is 12.0 Å². The van der Waals surface area contributed by atoms with Gasteiger partial charge < -0.3 is 10.5 Å². The summed E-state index contributed by atoms with van der Waals surface area (Å²) in [5, 5.41) is 0. The summed E-state index contributed by atoms with van der Waals surface area (Å²) in [5.41, 5.74) is 7.16. The quantitative estimate of drug-likeness (QED) is 0.887. The molecule has 0 aliphatic carbocycles. The molecule has 106 valence electrons. The first-order chi connectivity index (χ1) is 9.15. The molecule has 1 aliphatic heterocycles. The Balaban J connectivity index is 2.04. The van der Waals surface area contributed by atoms with Crippen LogP contribution in [0.3, 0.4) is 0 Å². The van der Waals surface area contributed by atoms with Crippen LogP contribution in [0.15, 0.2) is 24.3 Å². The third kappa shape index (κ3) is 3.28. The Morgan fingerprint density at radius 3 is 2.58 bits per heavy atom. The second-order valence-electron chi connectivity index (χ2n) is 5.56. The second-order valence-corrected chi connectivity index (χ2v) is 5.56. The van der Waals surface area contributed by atoms with E-state index in [4.69, 9.17) is 10.5 Å². The minimum absolute atomic E-state index is 0.447.